The highest BCUT2D eigenvalue weighted by molar-refractivity contribution is 7.99. The van der Waals surface area contributed by atoms with Gasteiger partial charge in [0.05, 0.1) is 6.61 Å². The summed E-state index contributed by atoms with van der Waals surface area (Å²) < 4.78 is 5.49. The van der Waals surface area contributed by atoms with E-state index in [9.17, 15) is 4.79 Å². The van der Waals surface area contributed by atoms with Crippen molar-refractivity contribution in [1.82, 2.24) is 0 Å². The van der Waals surface area contributed by atoms with Crippen molar-refractivity contribution in [2.45, 2.75) is 24.9 Å². The summed E-state index contributed by atoms with van der Waals surface area (Å²) in [6.45, 7) is 4.04. The summed E-state index contributed by atoms with van der Waals surface area (Å²) in [6.07, 6.45) is 3.68. The van der Waals surface area contributed by atoms with Gasteiger partial charge in [-0.3, -0.25) is 0 Å². The standard InChI is InChI=1S/C10H16O3S/c1-2-3-6-13-10(9(11)12)4-7-14-8-5-10/h2H,1,3-8H2,(H,11,12). The van der Waals surface area contributed by atoms with Crippen LogP contribution in [0.1, 0.15) is 19.3 Å². The number of carboxylic acids is 1. The fourth-order valence-corrected chi connectivity index (χ4v) is 2.61. The van der Waals surface area contributed by atoms with Crippen LogP contribution in [0.25, 0.3) is 0 Å². The van der Waals surface area contributed by atoms with Gasteiger partial charge in [0.25, 0.3) is 0 Å². The van der Waals surface area contributed by atoms with E-state index < -0.39 is 11.6 Å². The third-order valence-electron chi connectivity index (χ3n) is 2.39. The predicted octanol–water partition coefficient (Wildman–Crippen LogP) is 1.93. The van der Waals surface area contributed by atoms with Gasteiger partial charge in [-0.1, -0.05) is 6.08 Å². The molecule has 0 bridgehead atoms. The molecule has 80 valence electrons. The van der Waals surface area contributed by atoms with Gasteiger partial charge < -0.3 is 9.84 Å². The van der Waals surface area contributed by atoms with E-state index in [4.69, 9.17) is 9.84 Å². The first-order chi connectivity index (χ1) is 6.71. The van der Waals surface area contributed by atoms with E-state index in [2.05, 4.69) is 6.58 Å². The van der Waals surface area contributed by atoms with Crippen LogP contribution in [-0.4, -0.2) is 34.8 Å². The van der Waals surface area contributed by atoms with Crippen LogP contribution in [0.4, 0.5) is 0 Å². The molecule has 0 unspecified atom stereocenters. The molecule has 1 rings (SSSR count). The number of hydrogen-bond donors (Lipinski definition) is 1. The molecule has 0 aliphatic carbocycles. The molecule has 1 aliphatic heterocycles. The SMILES string of the molecule is C=CCCOC1(C(=O)O)CCSCC1. The first-order valence-corrected chi connectivity index (χ1v) is 5.93. The maximum Gasteiger partial charge on any atom is 0.336 e. The largest absolute Gasteiger partial charge is 0.479 e. The van der Waals surface area contributed by atoms with Gasteiger partial charge >= 0.3 is 5.97 Å². The number of aliphatic carboxylic acids is 1. The Morgan fingerprint density at radius 2 is 2.21 bits per heavy atom. The second-order valence-electron chi connectivity index (χ2n) is 3.34. The third kappa shape index (κ3) is 2.75. The molecule has 0 amide bonds. The Kier molecular flexibility index (Phi) is 4.48. The van der Waals surface area contributed by atoms with Crippen LogP contribution < -0.4 is 0 Å². The normalized spacial score (nSPS) is 20.3. The Morgan fingerprint density at radius 1 is 1.57 bits per heavy atom. The second kappa shape index (κ2) is 5.41. The molecular weight excluding hydrogens is 200 g/mol. The van der Waals surface area contributed by atoms with Crippen LogP contribution in [0, 0.1) is 0 Å². The first-order valence-electron chi connectivity index (χ1n) is 4.77. The van der Waals surface area contributed by atoms with Crippen LogP contribution in [0.5, 0.6) is 0 Å². The van der Waals surface area contributed by atoms with E-state index in [0.29, 0.717) is 25.9 Å². The van der Waals surface area contributed by atoms with E-state index in [1.807, 2.05) is 0 Å². The maximum atomic E-state index is 11.1. The molecule has 0 atom stereocenters. The number of carbonyl (C=O) groups is 1. The molecule has 14 heavy (non-hydrogen) atoms. The lowest BCUT2D eigenvalue weighted by Gasteiger charge is -2.32. The minimum atomic E-state index is -0.922. The average Bonchev–Trinajstić information content (AvgIpc) is 2.19. The van der Waals surface area contributed by atoms with Gasteiger partial charge in [0, 0.05) is 0 Å². The van der Waals surface area contributed by atoms with Crippen LogP contribution >= 0.6 is 11.8 Å². The van der Waals surface area contributed by atoms with Crippen molar-refractivity contribution >= 4 is 17.7 Å². The Labute approximate surface area is 88.5 Å². The summed E-state index contributed by atoms with van der Waals surface area (Å²) in [7, 11) is 0. The van der Waals surface area contributed by atoms with Crippen molar-refractivity contribution < 1.29 is 14.6 Å². The lowest BCUT2D eigenvalue weighted by atomic mass is 9.97. The smallest absolute Gasteiger partial charge is 0.336 e. The van der Waals surface area contributed by atoms with Crippen LogP contribution in [-0.2, 0) is 9.53 Å². The van der Waals surface area contributed by atoms with E-state index in [0.717, 1.165) is 11.5 Å². The molecule has 0 aromatic heterocycles. The van der Waals surface area contributed by atoms with E-state index >= 15 is 0 Å². The minimum Gasteiger partial charge on any atom is -0.479 e. The summed E-state index contributed by atoms with van der Waals surface area (Å²) in [5.41, 5.74) is -0.922. The molecule has 4 heteroatoms. The van der Waals surface area contributed by atoms with Crippen LogP contribution in [0.2, 0.25) is 0 Å². The zero-order chi connectivity index (χ0) is 10.4. The minimum absolute atomic E-state index is 0.459. The highest BCUT2D eigenvalue weighted by Gasteiger charge is 2.40. The summed E-state index contributed by atoms with van der Waals surface area (Å²) in [5.74, 6) is 0.933. The maximum absolute atomic E-state index is 11.1. The van der Waals surface area contributed by atoms with Crippen molar-refractivity contribution in [3.05, 3.63) is 12.7 Å². The van der Waals surface area contributed by atoms with Crippen molar-refractivity contribution in [1.29, 1.82) is 0 Å². The zero-order valence-electron chi connectivity index (χ0n) is 8.20. The number of carboxylic acid groups (broad SMARTS) is 1. The third-order valence-corrected chi connectivity index (χ3v) is 3.38. The number of rotatable bonds is 5. The number of ether oxygens (including phenoxy) is 1. The van der Waals surface area contributed by atoms with Crippen molar-refractivity contribution in [3.63, 3.8) is 0 Å². The first kappa shape index (κ1) is 11.6. The molecule has 1 heterocycles. The van der Waals surface area contributed by atoms with Gasteiger partial charge in [-0.2, -0.15) is 11.8 Å². The number of thioether (sulfide) groups is 1. The monoisotopic (exact) mass is 216 g/mol. The summed E-state index contributed by atoms with van der Waals surface area (Å²) in [6, 6.07) is 0. The van der Waals surface area contributed by atoms with E-state index in [-0.39, 0.29) is 0 Å². The molecule has 0 radical (unpaired) electrons. The summed E-state index contributed by atoms with van der Waals surface area (Å²) in [5, 5.41) is 9.13. The highest BCUT2D eigenvalue weighted by Crippen LogP contribution is 2.30. The molecule has 1 N–H and O–H groups in total. The lowest BCUT2D eigenvalue weighted by molar-refractivity contribution is -0.167. The van der Waals surface area contributed by atoms with Gasteiger partial charge in [-0.25, -0.2) is 4.79 Å². The second-order valence-corrected chi connectivity index (χ2v) is 4.56. The van der Waals surface area contributed by atoms with Crippen molar-refractivity contribution in [2.75, 3.05) is 18.1 Å². The van der Waals surface area contributed by atoms with E-state index in [1.54, 1.807) is 17.8 Å². The fourth-order valence-electron chi connectivity index (χ4n) is 1.46. The van der Waals surface area contributed by atoms with Gasteiger partial charge in [0.2, 0.25) is 0 Å². The topological polar surface area (TPSA) is 46.5 Å². The Hall–Kier alpha value is -0.480. The molecule has 0 saturated carbocycles. The molecule has 3 nitrogen and oxygen atoms in total. The van der Waals surface area contributed by atoms with Gasteiger partial charge in [-0.15, -0.1) is 6.58 Å². The zero-order valence-corrected chi connectivity index (χ0v) is 9.02. The number of hydrogen-bond acceptors (Lipinski definition) is 3. The van der Waals surface area contributed by atoms with E-state index in [1.165, 1.54) is 0 Å². The van der Waals surface area contributed by atoms with Gasteiger partial charge in [-0.05, 0) is 30.8 Å². The summed E-state index contributed by atoms with van der Waals surface area (Å²) >= 11 is 1.79. The molecular formula is C10H16O3S. The summed E-state index contributed by atoms with van der Waals surface area (Å²) in [4.78, 5) is 11.1. The van der Waals surface area contributed by atoms with Gasteiger partial charge in [0.15, 0.2) is 5.60 Å². The molecule has 0 aromatic carbocycles. The molecule has 1 saturated heterocycles. The Morgan fingerprint density at radius 3 is 2.71 bits per heavy atom. The highest BCUT2D eigenvalue weighted by atomic mass is 32.2. The van der Waals surface area contributed by atoms with Crippen molar-refractivity contribution in [2.24, 2.45) is 0 Å². The molecule has 0 spiro atoms. The Bertz CT molecular complexity index is 209. The molecule has 1 aliphatic rings. The molecule has 0 aromatic rings. The Balaban J connectivity index is 2.51. The molecule has 1 fully saturated rings. The van der Waals surface area contributed by atoms with Gasteiger partial charge in [0.1, 0.15) is 0 Å². The average molecular weight is 216 g/mol. The fraction of sp³-hybridized carbons (Fsp3) is 0.700. The quantitative estimate of drug-likeness (QED) is 0.563. The predicted molar refractivity (Wildman–Crippen MR) is 57.7 cm³/mol. The van der Waals surface area contributed by atoms with Crippen LogP contribution in [0.3, 0.4) is 0 Å². The van der Waals surface area contributed by atoms with Crippen LogP contribution in [0.15, 0.2) is 12.7 Å². The lowest BCUT2D eigenvalue weighted by Crippen LogP contribution is -2.45. The van der Waals surface area contributed by atoms with Crippen molar-refractivity contribution in [3.8, 4) is 0 Å².